The van der Waals surface area contributed by atoms with Gasteiger partial charge in [-0.15, -0.1) is 0 Å². The molecule has 0 aliphatic heterocycles. The number of allylic oxidation sites excluding steroid dienone is 2. The van der Waals surface area contributed by atoms with Crippen LogP contribution < -0.4 is 0 Å². The third-order valence-electron chi connectivity index (χ3n) is 2.83. The van der Waals surface area contributed by atoms with E-state index in [4.69, 9.17) is 5.11 Å². The third kappa shape index (κ3) is 2.19. The minimum absolute atomic E-state index is 0.00111. The molecule has 0 unspecified atom stereocenters. The molecule has 0 radical (unpaired) electrons. The topological polar surface area (TPSA) is 37.3 Å². The Morgan fingerprint density at radius 2 is 2.23 bits per heavy atom. The number of ketones is 1. The highest BCUT2D eigenvalue weighted by Crippen LogP contribution is 2.39. The van der Waals surface area contributed by atoms with Gasteiger partial charge >= 0.3 is 0 Å². The van der Waals surface area contributed by atoms with E-state index in [2.05, 4.69) is 13.8 Å². The highest BCUT2D eigenvalue weighted by Gasteiger charge is 2.36. The largest absolute Gasteiger partial charge is 0.396 e. The van der Waals surface area contributed by atoms with Crippen LogP contribution >= 0.6 is 0 Å². The monoisotopic (exact) mass is 182 g/mol. The molecule has 0 aromatic rings. The predicted octanol–water partition coefficient (Wildman–Crippen LogP) is 1.93. The zero-order valence-corrected chi connectivity index (χ0v) is 8.63. The molecule has 1 rings (SSSR count). The Bertz CT molecular complexity index is 238. The summed E-state index contributed by atoms with van der Waals surface area (Å²) in [4.78, 5) is 11.6. The summed E-state index contributed by atoms with van der Waals surface area (Å²) in [5, 5.41) is 8.86. The van der Waals surface area contributed by atoms with Crippen LogP contribution in [0, 0.1) is 11.3 Å². The maximum absolute atomic E-state index is 11.6. The summed E-state index contributed by atoms with van der Waals surface area (Å²) >= 11 is 0. The van der Waals surface area contributed by atoms with Crippen LogP contribution in [0.3, 0.4) is 0 Å². The van der Waals surface area contributed by atoms with Crippen molar-refractivity contribution < 1.29 is 9.90 Å². The summed E-state index contributed by atoms with van der Waals surface area (Å²) in [6.45, 7) is 6.30. The minimum atomic E-state index is 0.00111. The fourth-order valence-electron chi connectivity index (χ4n) is 2.28. The van der Waals surface area contributed by atoms with E-state index in [0.29, 0.717) is 6.42 Å². The molecule has 0 spiro atoms. The molecule has 74 valence electrons. The lowest BCUT2D eigenvalue weighted by molar-refractivity contribution is -0.123. The Labute approximate surface area is 79.6 Å². The van der Waals surface area contributed by atoms with Crippen LogP contribution in [0.15, 0.2) is 11.6 Å². The van der Waals surface area contributed by atoms with Gasteiger partial charge in [0.15, 0.2) is 5.78 Å². The van der Waals surface area contributed by atoms with Gasteiger partial charge in [-0.1, -0.05) is 19.4 Å². The molecular weight excluding hydrogens is 164 g/mol. The van der Waals surface area contributed by atoms with E-state index in [1.54, 1.807) is 6.08 Å². The van der Waals surface area contributed by atoms with E-state index in [1.165, 1.54) is 0 Å². The van der Waals surface area contributed by atoms with Crippen molar-refractivity contribution in [2.75, 3.05) is 6.61 Å². The molecule has 0 aromatic heterocycles. The lowest BCUT2D eigenvalue weighted by atomic mass is 9.67. The second kappa shape index (κ2) is 3.62. The van der Waals surface area contributed by atoms with Crippen molar-refractivity contribution in [1.82, 2.24) is 0 Å². The first kappa shape index (κ1) is 10.5. The first-order valence-corrected chi connectivity index (χ1v) is 4.79. The van der Waals surface area contributed by atoms with Crippen molar-refractivity contribution in [3.63, 3.8) is 0 Å². The Morgan fingerprint density at radius 3 is 2.69 bits per heavy atom. The van der Waals surface area contributed by atoms with Crippen LogP contribution in [0.4, 0.5) is 0 Å². The van der Waals surface area contributed by atoms with Gasteiger partial charge in [-0.25, -0.2) is 0 Å². The van der Waals surface area contributed by atoms with Gasteiger partial charge in [0.2, 0.25) is 0 Å². The lowest BCUT2D eigenvalue weighted by Crippen LogP contribution is -2.34. The fraction of sp³-hybridized carbons (Fsp3) is 0.727. The van der Waals surface area contributed by atoms with E-state index in [1.807, 2.05) is 6.92 Å². The molecule has 2 heteroatoms. The number of hydrogen-bond donors (Lipinski definition) is 1. The van der Waals surface area contributed by atoms with Crippen molar-refractivity contribution in [1.29, 1.82) is 0 Å². The van der Waals surface area contributed by atoms with Gasteiger partial charge in [0.25, 0.3) is 0 Å². The number of carbonyl (C=O) groups excluding carboxylic acids is 1. The van der Waals surface area contributed by atoms with Crippen LogP contribution in [-0.4, -0.2) is 17.5 Å². The minimum Gasteiger partial charge on any atom is -0.396 e. The maximum Gasteiger partial charge on any atom is 0.159 e. The second-order valence-corrected chi connectivity index (χ2v) is 4.62. The summed E-state index contributed by atoms with van der Waals surface area (Å²) in [7, 11) is 0. The van der Waals surface area contributed by atoms with Crippen molar-refractivity contribution >= 4 is 5.78 Å². The summed E-state index contributed by atoms with van der Waals surface area (Å²) in [6, 6.07) is 0. The Balaban J connectivity index is 2.87. The van der Waals surface area contributed by atoms with E-state index >= 15 is 0 Å². The van der Waals surface area contributed by atoms with Crippen LogP contribution in [0.2, 0.25) is 0 Å². The van der Waals surface area contributed by atoms with E-state index in [-0.39, 0.29) is 23.7 Å². The molecule has 1 aliphatic rings. The van der Waals surface area contributed by atoms with Crippen molar-refractivity contribution in [2.45, 2.75) is 33.6 Å². The lowest BCUT2D eigenvalue weighted by Gasteiger charge is -2.36. The first-order valence-electron chi connectivity index (χ1n) is 4.79. The zero-order valence-electron chi connectivity index (χ0n) is 8.63. The molecule has 1 atom stereocenters. The van der Waals surface area contributed by atoms with Crippen LogP contribution in [0.25, 0.3) is 0 Å². The van der Waals surface area contributed by atoms with Gasteiger partial charge < -0.3 is 5.11 Å². The van der Waals surface area contributed by atoms with E-state index in [0.717, 1.165) is 12.0 Å². The van der Waals surface area contributed by atoms with Crippen LogP contribution in [0.5, 0.6) is 0 Å². The molecule has 0 amide bonds. The zero-order chi connectivity index (χ0) is 10.1. The molecule has 0 heterocycles. The van der Waals surface area contributed by atoms with Gasteiger partial charge in [-0.05, 0) is 31.3 Å². The average Bonchev–Trinajstić information content (AvgIpc) is 1.95. The maximum atomic E-state index is 11.6. The van der Waals surface area contributed by atoms with Gasteiger partial charge in [0.05, 0.1) is 0 Å². The summed E-state index contributed by atoms with van der Waals surface area (Å²) in [5.74, 6) is 0.184. The smallest absolute Gasteiger partial charge is 0.159 e. The standard InChI is InChI=1S/C11H18O2/c1-8-6-10(13)9(4-5-12)11(2,3)7-8/h6,9,12H,4-5,7H2,1-3H3/t9-/m0/s1. The second-order valence-electron chi connectivity index (χ2n) is 4.62. The fourth-order valence-corrected chi connectivity index (χ4v) is 2.28. The molecular formula is C11H18O2. The quantitative estimate of drug-likeness (QED) is 0.708. The molecule has 1 aliphatic carbocycles. The highest BCUT2D eigenvalue weighted by molar-refractivity contribution is 5.93. The number of rotatable bonds is 2. The molecule has 0 fully saturated rings. The van der Waals surface area contributed by atoms with Gasteiger partial charge in [-0.2, -0.15) is 0 Å². The summed E-state index contributed by atoms with van der Waals surface area (Å²) in [5.41, 5.74) is 1.17. The SMILES string of the molecule is CC1=CC(=O)[C@H](CCO)C(C)(C)C1. The number of carbonyl (C=O) groups is 1. The Hall–Kier alpha value is -0.630. The molecule has 13 heavy (non-hydrogen) atoms. The molecule has 0 saturated carbocycles. The number of aliphatic hydroxyl groups is 1. The van der Waals surface area contributed by atoms with Gasteiger partial charge in [0, 0.05) is 12.5 Å². The van der Waals surface area contributed by atoms with E-state index in [9.17, 15) is 4.79 Å². The normalized spacial score (nSPS) is 27.2. The van der Waals surface area contributed by atoms with Gasteiger partial charge in [-0.3, -0.25) is 4.79 Å². The van der Waals surface area contributed by atoms with Crippen LogP contribution in [-0.2, 0) is 4.79 Å². The Kier molecular flexibility index (Phi) is 2.91. The average molecular weight is 182 g/mol. The molecule has 0 bridgehead atoms. The molecule has 0 saturated heterocycles. The molecule has 1 N–H and O–H groups in total. The van der Waals surface area contributed by atoms with Crippen molar-refractivity contribution in [2.24, 2.45) is 11.3 Å². The highest BCUT2D eigenvalue weighted by atomic mass is 16.3. The predicted molar refractivity (Wildman–Crippen MR) is 52.4 cm³/mol. The summed E-state index contributed by atoms with van der Waals surface area (Å²) in [6.07, 6.45) is 3.28. The van der Waals surface area contributed by atoms with Gasteiger partial charge in [0.1, 0.15) is 0 Å². The molecule has 2 nitrogen and oxygen atoms in total. The number of hydrogen-bond acceptors (Lipinski definition) is 2. The third-order valence-corrected chi connectivity index (χ3v) is 2.83. The van der Waals surface area contributed by atoms with Crippen molar-refractivity contribution in [3.05, 3.63) is 11.6 Å². The molecule has 0 aromatic carbocycles. The summed E-state index contributed by atoms with van der Waals surface area (Å²) < 4.78 is 0. The number of aliphatic hydroxyl groups excluding tert-OH is 1. The first-order chi connectivity index (χ1) is 5.97. The van der Waals surface area contributed by atoms with Crippen LogP contribution in [0.1, 0.15) is 33.6 Å². The van der Waals surface area contributed by atoms with Crippen molar-refractivity contribution in [3.8, 4) is 0 Å². The Morgan fingerprint density at radius 1 is 1.62 bits per heavy atom. The van der Waals surface area contributed by atoms with E-state index < -0.39 is 0 Å².